The van der Waals surface area contributed by atoms with Crippen molar-refractivity contribution in [1.29, 1.82) is 0 Å². The van der Waals surface area contributed by atoms with Crippen LogP contribution in [0.3, 0.4) is 0 Å². The lowest BCUT2D eigenvalue weighted by Gasteiger charge is -2.32. The molecule has 1 aliphatic rings. The number of para-hydroxylation sites is 1. The van der Waals surface area contributed by atoms with Gasteiger partial charge in [-0.05, 0) is 24.3 Å². The smallest absolute Gasteiger partial charge is 0.138 e. The van der Waals surface area contributed by atoms with Crippen molar-refractivity contribution in [3.63, 3.8) is 0 Å². The van der Waals surface area contributed by atoms with Crippen LogP contribution in [0, 0.1) is 0 Å². The fourth-order valence-electron chi connectivity index (χ4n) is 2.18. The average Bonchev–Trinajstić information content (AvgIpc) is 2.47. The van der Waals surface area contributed by atoms with Gasteiger partial charge in [0.15, 0.2) is 0 Å². The molecule has 2 aromatic rings. The highest BCUT2D eigenvalue weighted by Crippen LogP contribution is 2.25. The van der Waals surface area contributed by atoms with Crippen LogP contribution >= 0.6 is 0 Å². The molecule has 0 unspecified atom stereocenters. The van der Waals surface area contributed by atoms with E-state index in [-0.39, 0.29) is 0 Å². The first kappa shape index (κ1) is 10.8. The van der Waals surface area contributed by atoms with Crippen LogP contribution in [0.5, 0.6) is 0 Å². The van der Waals surface area contributed by atoms with E-state index in [1.807, 2.05) is 37.5 Å². The summed E-state index contributed by atoms with van der Waals surface area (Å²) in [6.07, 6.45) is 3.62. The Kier molecular flexibility index (Phi) is 2.68. The summed E-state index contributed by atoms with van der Waals surface area (Å²) in [5.41, 5.74) is 3.29. The Hall–Kier alpha value is -2.36. The van der Waals surface area contributed by atoms with Gasteiger partial charge in [-0.3, -0.25) is 9.98 Å². The van der Waals surface area contributed by atoms with Crippen LogP contribution in [-0.4, -0.2) is 24.5 Å². The summed E-state index contributed by atoms with van der Waals surface area (Å²) < 4.78 is 0. The first-order valence-electron chi connectivity index (χ1n) is 5.88. The van der Waals surface area contributed by atoms with Crippen molar-refractivity contribution in [1.82, 2.24) is 4.98 Å². The quantitative estimate of drug-likeness (QED) is 0.829. The van der Waals surface area contributed by atoms with Crippen molar-refractivity contribution in [2.75, 3.05) is 23.9 Å². The van der Waals surface area contributed by atoms with Crippen LogP contribution in [0.25, 0.3) is 0 Å². The molecule has 0 saturated heterocycles. The number of fused-ring (bicyclic) bond motifs is 1. The predicted octanol–water partition coefficient (Wildman–Crippen LogP) is 2.35. The van der Waals surface area contributed by atoms with Crippen LogP contribution in [-0.2, 0) is 0 Å². The van der Waals surface area contributed by atoms with Crippen molar-refractivity contribution in [2.24, 2.45) is 4.99 Å². The van der Waals surface area contributed by atoms with Gasteiger partial charge in [0.05, 0.1) is 18.6 Å². The molecule has 0 spiro atoms. The van der Waals surface area contributed by atoms with E-state index in [1.165, 1.54) is 0 Å². The molecule has 0 radical (unpaired) electrons. The molecule has 1 aromatic heterocycles. The first-order chi connectivity index (χ1) is 8.90. The Labute approximate surface area is 106 Å². The summed E-state index contributed by atoms with van der Waals surface area (Å²) in [4.78, 5) is 10.7. The minimum atomic E-state index is 0.704. The maximum Gasteiger partial charge on any atom is 0.138 e. The number of aromatic nitrogens is 1. The molecule has 0 fully saturated rings. The number of nitrogens with zero attached hydrogens (tertiary/aromatic N) is 3. The highest BCUT2D eigenvalue weighted by molar-refractivity contribution is 6.14. The Morgan fingerprint density at radius 1 is 1.22 bits per heavy atom. The van der Waals surface area contributed by atoms with E-state index in [0.29, 0.717) is 6.67 Å². The fourth-order valence-corrected chi connectivity index (χ4v) is 2.18. The molecule has 4 heteroatoms. The monoisotopic (exact) mass is 238 g/mol. The molecular formula is C14H14N4. The largest absolute Gasteiger partial charge is 0.367 e. The maximum absolute atomic E-state index is 4.42. The second-order valence-electron chi connectivity index (χ2n) is 4.07. The Morgan fingerprint density at radius 2 is 2.11 bits per heavy atom. The molecule has 0 aliphatic carbocycles. The van der Waals surface area contributed by atoms with Crippen LogP contribution in [0.15, 0.2) is 53.8 Å². The van der Waals surface area contributed by atoms with Gasteiger partial charge in [0.2, 0.25) is 0 Å². The van der Waals surface area contributed by atoms with Gasteiger partial charge in [0.1, 0.15) is 5.84 Å². The molecule has 0 bridgehead atoms. The zero-order valence-corrected chi connectivity index (χ0v) is 10.2. The van der Waals surface area contributed by atoms with Crippen molar-refractivity contribution in [3.05, 3.63) is 54.4 Å². The number of hydrogen-bond acceptors (Lipinski definition) is 3. The predicted molar refractivity (Wildman–Crippen MR) is 74.1 cm³/mol. The van der Waals surface area contributed by atoms with Gasteiger partial charge in [0, 0.05) is 24.5 Å². The minimum Gasteiger partial charge on any atom is -0.367 e. The van der Waals surface area contributed by atoms with Crippen LogP contribution in [0.2, 0.25) is 0 Å². The van der Waals surface area contributed by atoms with E-state index in [9.17, 15) is 0 Å². The lowest BCUT2D eigenvalue weighted by molar-refractivity contribution is 1.02. The van der Waals surface area contributed by atoms with Crippen LogP contribution in [0.4, 0.5) is 11.4 Å². The maximum atomic E-state index is 4.42. The highest BCUT2D eigenvalue weighted by atomic mass is 15.3. The van der Waals surface area contributed by atoms with Crippen LogP contribution < -0.4 is 10.2 Å². The van der Waals surface area contributed by atoms with Gasteiger partial charge in [-0.15, -0.1) is 0 Å². The third-order valence-corrected chi connectivity index (χ3v) is 3.02. The minimum absolute atomic E-state index is 0.704. The first-order valence-corrected chi connectivity index (χ1v) is 5.88. The molecule has 1 aromatic carbocycles. The molecule has 4 nitrogen and oxygen atoms in total. The molecular weight excluding hydrogens is 224 g/mol. The Bertz CT molecular complexity index is 577. The standard InChI is InChI=1S/C14H14N4/c1-15-14-12-6-2-3-7-13(12)17-10-18(14)11-5-4-8-16-9-11/h2-9,17H,10H2,1H3. The van der Waals surface area contributed by atoms with Crippen molar-refractivity contribution in [2.45, 2.75) is 0 Å². The molecule has 90 valence electrons. The summed E-state index contributed by atoms with van der Waals surface area (Å²) in [5, 5.41) is 3.39. The van der Waals surface area contributed by atoms with Crippen LogP contribution in [0.1, 0.15) is 5.56 Å². The molecule has 18 heavy (non-hydrogen) atoms. The normalized spacial score (nSPS) is 16.3. The van der Waals surface area contributed by atoms with E-state index in [4.69, 9.17) is 0 Å². The number of aliphatic imine (C=N–C) groups is 1. The van der Waals surface area contributed by atoms with Crippen molar-refractivity contribution in [3.8, 4) is 0 Å². The van der Waals surface area contributed by atoms with Gasteiger partial charge >= 0.3 is 0 Å². The van der Waals surface area contributed by atoms with E-state index < -0.39 is 0 Å². The number of pyridine rings is 1. The molecule has 0 saturated carbocycles. The number of hydrogen-bond donors (Lipinski definition) is 1. The molecule has 1 aliphatic heterocycles. The summed E-state index contributed by atoms with van der Waals surface area (Å²) in [5.74, 6) is 0.970. The Balaban J connectivity index is 2.06. The fraction of sp³-hybridized carbons (Fsp3) is 0.143. The zero-order chi connectivity index (χ0) is 12.4. The zero-order valence-electron chi connectivity index (χ0n) is 10.2. The van der Waals surface area contributed by atoms with Gasteiger partial charge in [-0.25, -0.2) is 0 Å². The number of rotatable bonds is 1. The molecule has 0 atom stereocenters. The molecule has 3 rings (SSSR count). The second-order valence-corrected chi connectivity index (χ2v) is 4.07. The number of amidine groups is 1. The third kappa shape index (κ3) is 1.72. The third-order valence-electron chi connectivity index (χ3n) is 3.02. The van der Waals surface area contributed by atoms with E-state index in [1.54, 1.807) is 6.20 Å². The lowest BCUT2D eigenvalue weighted by Crippen LogP contribution is -2.40. The van der Waals surface area contributed by atoms with Gasteiger partial charge in [-0.1, -0.05) is 12.1 Å². The molecule has 1 N–H and O–H groups in total. The number of anilines is 2. The van der Waals surface area contributed by atoms with Crippen molar-refractivity contribution >= 4 is 17.2 Å². The van der Waals surface area contributed by atoms with Gasteiger partial charge in [0.25, 0.3) is 0 Å². The topological polar surface area (TPSA) is 40.5 Å². The number of benzene rings is 1. The SMILES string of the molecule is CN=C1c2ccccc2NCN1c1cccnc1. The van der Waals surface area contributed by atoms with Crippen molar-refractivity contribution < 1.29 is 0 Å². The Morgan fingerprint density at radius 3 is 2.89 bits per heavy atom. The average molecular weight is 238 g/mol. The molecule has 2 heterocycles. The summed E-state index contributed by atoms with van der Waals surface area (Å²) in [7, 11) is 1.82. The van der Waals surface area contributed by atoms with E-state index >= 15 is 0 Å². The van der Waals surface area contributed by atoms with Gasteiger partial charge in [-0.2, -0.15) is 0 Å². The van der Waals surface area contributed by atoms with Gasteiger partial charge < -0.3 is 10.2 Å². The second kappa shape index (κ2) is 4.49. The summed E-state index contributed by atoms with van der Waals surface area (Å²) in [6, 6.07) is 12.2. The number of nitrogens with one attached hydrogen (secondary N) is 1. The van der Waals surface area contributed by atoms with E-state index in [0.717, 1.165) is 22.8 Å². The summed E-state index contributed by atoms with van der Waals surface area (Å²) >= 11 is 0. The van der Waals surface area contributed by atoms with E-state index in [2.05, 4.69) is 32.3 Å². The highest BCUT2D eigenvalue weighted by Gasteiger charge is 2.22. The molecule has 0 amide bonds. The summed E-state index contributed by atoms with van der Waals surface area (Å²) in [6.45, 7) is 0.704. The lowest BCUT2D eigenvalue weighted by atomic mass is 10.1.